The summed E-state index contributed by atoms with van der Waals surface area (Å²) in [6.07, 6.45) is 3.24. The summed E-state index contributed by atoms with van der Waals surface area (Å²) in [5, 5.41) is 9.00. The van der Waals surface area contributed by atoms with Gasteiger partial charge in [0.25, 0.3) is 5.91 Å². The van der Waals surface area contributed by atoms with E-state index in [4.69, 9.17) is 19.2 Å². The number of hydrogen-bond donors (Lipinski definition) is 0. The van der Waals surface area contributed by atoms with E-state index in [0.717, 1.165) is 12.8 Å². The lowest BCUT2D eigenvalue weighted by atomic mass is 9.98. The first kappa shape index (κ1) is 19.7. The maximum Gasteiger partial charge on any atom is 0.276 e. The molecule has 7 heteroatoms. The zero-order valence-corrected chi connectivity index (χ0v) is 16.5. The van der Waals surface area contributed by atoms with Crippen molar-refractivity contribution in [3.8, 4) is 17.6 Å². The van der Waals surface area contributed by atoms with Crippen LogP contribution in [0.25, 0.3) is 0 Å². The molecule has 3 rings (SSSR count). The minimum atomic E-state index is -0.0851. The van der Waals surface area contributed by atoms with E-state index < -0.39 is 0 Å². The van der Waals surface area contributed by atoms with Crippen molar-refractivity contribution in [1.82, 2.24) is 9.88 Å². The van der Waals surface area contributed by atoms with Crippen LogP contribution in [-0.2, 0) is 0 Å². The maximum atomic E-state index is 12.9. The first-order chi connectivity index (χ1) is 13.5. The van der Waals surface area contributed by atoms with Gasteiger partial charge < -0.3 is 18.8 Å². The second-order valence-corrected chi connectivity index (χ2v) is 7.27. The Morgan fingerprint density at radius 2 is 2.25 bits per heavy atom. The Hall–Kier alpha value is -3.01. The minimum absolute atomic E-state index is 0.0851. The number of nitriles is 1. The summed E-state index contributed by atoms with van der Waals surface area (Å²) in [7, 11) is 1.55. The molecule has 0 spiro atoms. The van der Waals surface area contributed by atoms with Gasteiger partial charge in [-0.2, -0.15) is 5.26 Å². The quantitative estimate of drug-likeness (QED) is 0.757. The molecule has 1 unspecified atom stereocenters. The Morgan fingerprint density at radius 1 is 1.43 bits per heavy atom. The van der Waals surface area contributed by atoms with Gasteiger partial charge in [-0.1, -0.05) is 13.8 Å². The zero-order valence-electron chi connectivity index (χ0n) is 16.5. The van der Waals surface area contributed by atoms with E-state index in [1.165, 1.54) is 6.39 Å². The number of nitrogens with zero attached hydrogens (tertiary/aromatic N) is 3. The number of benzene rings is 1. The normalized spacial score (nSPS) is 16.7. The van der Waals surface area contributed by atoms with Crippen molar-refractivity contribution >= 4 is 5.91 Å². The number of aromatic nitrogens is 1. The third-order valence-corrected chi connectivity index (χ3v) is 4.90. The number of methoxy groups -OCH3 is 1. The third kappa shape index (κ3) is 4.28. The van der Waals surface area contributed by atoms with Gasteiger partial charge in [-0.25, -0.2) is 4.98 Å². The van der Waals surface area contributed by atoms with E-state index in [-0.39, 0.29) is 17.7 Å². The number of amides is 1. The van der Waals surface area contributed by atoms with Gasteiger partial charge in [0.15, 0.2) is 23.6 Å². The van der Waals surface area contributed by atoms with Crippen LogP contribution >= 0.6 is 0 Å². The van der Waals surface area contributed by atoms with Crippen molar-refractivity contribution in [2.45, 2.75) is 32.6 Å². The molecule has 148 valence electrons. The summed E-state index contributed by atoms with van der Waals surface area (Å²) in [4.78, 5) is 18.9. The Labute approximate surface area is 164 Å². The number of hydrogen-bond acceptors (Lipinski definition) is 6. The van der Waals surface area contributed by atoms with Crippen LogP contribution in [0.2, 0.25) is 0 Å². The number of likely N-dealkylation sites (tertiary alicyclic amines) is 1. The molecule has 28 heavy (non-hydrogen) atoms. The van der Waals surface area contributed by atoms with Gasteiger partial charge in [0.05, 0.1) is 25.3 Å². The summed E-state index contributed by atoms with van der Waals surface area (Å²) in [6, 6.07) is 7.19. The fourth-order valence-electron chi connectivity index (χ4n) is 3.42. The molecule has 2 heterocycles. The average Bonchev–Trinajstić information content (AvgIpc) is 3.22. The van der Waals surface area contributed by atoms with Gasteiger partial charge in [0, 0.05) is 31.0 Å². The number of oxazole rings is 1. The van der Waals surface area contributed by atoms with E-state index >= 15 is 0 Å². The molecule has 1 aromatic carbocycles. The topological polar surface area (TPSA) is 88.6 Å². The van der Waals surface area contributed by atoms with Crippen LogP contribution < -0.4 is 9.47 Å². The second kappa shape index (κ2) is 8.79. The van der Waals surface area contributed by atoms with Crippen LogP contribution in [0.1, 0.15) is 54.4 Å². The summed E-state index contributed by atoms with van der Waals surface area (Å²) in [5.41, 5.74) is 0.928. The van der Waals surface area contributed by atoms with E-state index in [0.29, 0.717) is 48.2 Å². The molecule has 7 nitrogen and oxygen atoms in total. The summed E-state index contributed by atoms with van der Waals surface area (Å²) < 4.78 is 16.6. The van der Waals surface area contributed by atoms with Gasteiger partial charge in [-0.3, -0.25) is 4.79 Å². The highest BCUT2D eigenvalue weighted by atomic mass is 16.5. The van der Waals surface area contributed by atoms with Crippen molar-refractivity contribution in [3.05, 3.63) is 41.6 Å². The first-order valence-corrected chi connectivity index (χ1v) is 9.47. The van der Waals surface area contributed by atoms with Gasteiger partial charge in [0.2, 0.25) is 0 Å². The monoisotopic (exact) mass is 383 g/mol. The molecule has 1 aromatic heterocycles. The molecule has 0 aliphatic carbocycles. The average molecular weight is 383 g/mol. The maximum absolute atomic E-state index is 12.9. The smallest absolute Gasteiger partial charge is 0.276 e. The number of piperidine rings is 1. The van der Waals surface area contributed by atoms with Crippen molar-refractivity contribution in [1.29, 1.82) is 5.26 Å². The molecule has 1 aliphatic heterocycles. The predicted molar refractivity (Wildman–Crippen MR) is 102 cm³/mol. The fraction of sp³-hybridized carbons (Fsp3) is 0.476. The Kier molecular flexibility index (Phi) is 6.19. The van der Waals surface area contributed by atoms with Crippen LogP contribution in [-0.4, -0.2) is 42.6 Å². The zero-order chi connectivity index (χ0) is 20.1. The van der Waals surface area contributed by atoms with E-state index in [9.17, 15) is 4.79 Å². The van der Waals surface area contributed by atoms with Gasteiger partial charge in [0.1, 0.15) is 5.76 Å². The van der Waals surface area contributed by atoms with Crippen LogP contribution in [0.5, 0.6) is 11.5 Å². The Morgan fingerprint density at radius 3 is 2.96 bits per heavy atom. The molecule has 0 N–H and O–H groups in total. The fourth-order valence-corrected chi connectivity index (χ4v) is 3.42. The van der Waals surface area contributed by atoms with Crippen molar-refractivity contribution in [2.24, 2.45) is 5.92 Å². The lowest BCUT2D eigenvalue weighted by Crippen LogP contribution is -2.42. The predicted octanol–water partition coefficient (Wildman–Crippen LogP) is 3.61. The number of ether oxygens (including phenoxy) is 2. The largest absolute Gasteiger partial charge is 0.493 e. The number of rotatable bonds is 6. The Bertz CT molecular complexity index is 869. The molecular weight excluding hydrogens is 358 g/mol. The standard InChI is InChI=1S/C21H25N3O4/c1-14(2)20-19(23-13-28-20)21(25)24-8-4-5-16(11-24)12-27-17-7-6-15(10-22)9-18(17)26-3/h6-7,9,13-14,16H,4-5,8,11-12H2,1-3H3. The van der Waals surface area contributed by atoms with Crippen LogP contribution in [0.15, 0.2) is 29.0 Å². The molecule has 0 bridgehead atoms. The molecular formula is C21H25N3O4. The summed E-state index contributed by atoms with van der Waals surface area (Å²) >= 11 is 0. The van der Waals surface area contributed by atoms with E-state index in [2.05, 4.69) is 11.1 Å². The highest BCUT2D eigenvalue weighted by molar-refractivity contribution is 5.93. The second-order valence-electron chi connectivity index (χ2n) is 7.27. The molecule has 0 radical (unpaired) electrons. The highest BCUT2D eigenvalue weighted by Crippen LogP contribution is 2.29. The minimum Gasteiger partial charge on any atom is -0.493 e. The molecule has 1 saturated heterocycles. The van der Waals surface area contributed by atoms with Crippen molar-refractivity contribution in [3.63, 3.8) is 0 Å². The molecule has 0 saturated carbocycles. The summed E-state index contributed by atoms with van der Waals surface area (Å²) in [6.45, 7) is 5.76. The number of carbonyl (C=O) groups excluding carboxylic acids is 1. The molecule has 2 aromatic rings. The van der Waals surface area contributed by atoms with Gasteiger partial charge in [-0.15, -0.1) is 0 Å². The summed E-state index contributed by atoms with van der Waals surface area (Å²) in [5.74, 6) is 2.00. The Balaban J connectivity index is 1.63. The van der Waals surface area contributed by atoms with Crippen LogP contribution in [0.3, 0.4) is 0 Å². The van der Waals surface area contributed by atoms with E-state index in [1.54, 1.807) is 25.3 Å². The molecule has 1 amide bonds. The van der Waals surface area contributed by atoms with Gasteiger partial charge in [-0.05, 0) is 25.0 Å². The molecule has 1 atom stereocenters. The van der Waals surface area contributed by atoms with Crippen LogP contribution in [0, 0.1) is 17.2 Å². The molecule has 1 aliphatic rings. The van der Waals surface area contributed by atoms with Crippen molar-refractivity contribution < 1.29 is 18.7 Å². The molecule has 1 fully saturated rings. The van der Waals surface area contributed by atoms with Gasteiger partial charge >= 0.3 is 0 Å². The first-order valence-electron chi connectivity index (χ1n) is 9.47. The lowest BCUT2D eigenvalue weighted by molar-refractivity contribution is 0.0624. The highest BCUT2D eigenvalue weighted by Gasteiger charge is 2.29. The van der Waals surface area contributed by atoms with E-state index in [1.807, 2.05) is 18.7 Å². The third-order valence-electron chi connectivity index (χ3n) is 4.90. The van der Waals surface area contributed by atoms with Crippen molar-refractivity contribution in [2.75, 3.05) is 26.8 Å². The van der Waals surface area contributed by atoms with Crippen LogP contribution in [0.4, 0.5) is 0 Å². The lowest BCUT2D eigenvalue weighted by Gasteiger charge is -2.32. The number of carbonyl (C=O) groups is 1. The SMILES string of the molecule is COc1cc(C#N)ccc1OCC1CCCN(C(=O)c2ncoc2C(C)C)C1.